The molecule has 1 saturated heterocycles. The van der Waals surface area contributed by atoms with Crippen molar-refractivity contribution < 1.29 is 18.0 Å². The standard InChI is InChI=1S/C22H23ClN2O4S/c23-19-11-10-16(14-18(19)22(27)24-15-6-2-1-3-7-15)30(28,29)25-13-12-21(26)17-8-4-5-9-20(17)25/h1-3,6-7,10-11,14,17,20H,4-5,8-9,12-13H2,(H,24,27)/t17-,20-/m0/s1. The van der Waals surface area contributed by atoms with E-state index >= 15 is 0 Å². The molecular weight excluding hydrogens is 424 g/mol. The number of benzene rings is 2. The number of rotatable bonds is 4. The van der Waals surface area contributed by atoms with Crippen LogP contribution in [-0.2, 0) is 14.8 Å². The van der Waals surface area contributed by atoms with Crippen molar-refractivity contribution in [2.75, 3.05) is 11.9 Å². The second-order valence-corrected chi connectivity index (χ2v) is 10.0. The van der Waals surface area contributed by atoms with Crippen LogP contribution >= 0.6 is 11.6 Å². The van der Waals surface area contributed by atoms with Gasteiger partial charge in [0.25, 0.3) is 5.91 Å². The zero-order chi connectivity index (χ0) is 21.3. The van der Waals surface area contributed by atoms with Gasteiger partial charge < -0.3 is 5.32 Å². The average molecular weight is 447 g/mol. The molecule has 0 aromatic heterocycles. The SMILES string of the molecule is O=C(Nc1ccccc1)c1cc(S(=O)(=O)N2CCC(=O)[C@H]3CCCC[C@@H]32)ccc1Cl. The lowest BCUT2D eigenvalue weighted by Gasteiger charge is -2.42. The number of carbonyl (C=O) groups is 2. The molecule has 1 aliphatic heterocycles. The Kier molecular flexibility index (Phi) is 5.95. The molecule has 158 valence electrons. The molecule has 2 aromatic rings. The Morgan fingerprint density at radius 3 is 2.57 bits per heavy atom. The van der Waals surface area contributed by atoms with Crippen molar-refractivity contribution in [3.63, 3.8) is 0 Å². The van der Waals surface area contributed by atoms with Crippen molar-refractivity contribution in [2.45, 2.75) is 43.0 Å². The fraction of sp³-hybridized carbons (Fsp3) is 0.364. The Bertz CT molecular complexity index is 1070. The summed E-state index contributed by atoms with van der Waals surface area (Å²) in [6.45, 7) is 0.177. The molecule has 6 nitrogen and oxygen atoms in total. The molecule has 0 spiro atoms. The Labute approximate surface area is 181 Å². The Balaban J connectivity index is 1.64. The summed E-state index contributed by atoms with van der Waals surface area (Å²) in [6, 6.07) is 12.8. The maximum Gasteiger partial charge on any atom is 0.257 e. The number of ketones is 1. The summed E-state index contributed by atoms with van der Waals surface area (Å²) >= 11 is 6.21. The van der Waals surface area contributed by atoms with Crippen LogP contribution < -0.4 is 5.32 Å². The lowest BCUT2D eigenvalue weighted by molar-refractivity contribution is -0.128. The smallest absolute Gasteiger partial charge is 0.257 e. The van der Waals surface area contributed by atoms with Gasteiger partial charge in [0, 0.05) is 30.6 Å². The van der Waals surface area contributed by atoms with Gasteiger partial charge in [0.2, 0.25) is 10.0 Å². The van der Waals surface area contributed by atoms with E-state index in [4.69, 9.17) is 11.6 Å². The first-order valence-corrected chi connectivity index (χ1v) is 11.9. The number of hydrogen-bond donors (Lipinski definition) is 1. The monoisotopic (exact) mass is 446 g/mol. The molecule has 0 bridgehead atoms. The van der Waals surface area contributed by atoms with E-state index in [1.54, 1.807) is 24.3 Å². The summed E-state index contributed by atoms with van der Waals surface area (Å²) in [4.78, 5) is 25.0. The zero-order valence-electron chi connectivity index (χ0n) is 16.4. The first kappa shape index (κ1) is 21.0. The molecule has 1 amide bonds. The van der Waals surface area contributed by atoms with Crippen LogP contribution in [0.5, 0.6) is 0 Å². The molecule has 1 saturated carbocycles. The van der Waals surface area contributed by atoms with Gasteiger partial charge in [0.1, 0.15) is 5.78 Å². The maximum atomic E-state index is 13.4. The van der Waals surface area contributed by atoms with E-state index in [1.807, 2.05) is 6.07 Å². The number of Topliss-reactive ketones (excluding diaryl/α,β-unsaturated/α-hetero) is 1. The lowest BCUT2D eigenvalue weighted by atomic mass is 9.79. The number of hydrogen-bond acceptors (Lipinski definition) is 4. The number of sulfonamides is 1. The number of carbonyl (C=O) groups excluding carboxylic acids is 2. The minimum Gasteiger partial charge on any atom is -0.322 e. The van der Waals surface area contributed by atoms with Crippen LogP contribution in [0.15, 0.2) is 53.4 Å². The molecule has 0 radical (unpaired) electrons. The normalized spacial score (nSPS) is 22.4. The van der Waals surface area contributed by atoms with E-state index < -0.39 is 15.9 Å². The molecule has 4 rings (SSSR count). The number of anilines is 1. The highest BCUT2D eigenvalue weighted by atomic mass is 35.5. The minimum atomic E-state index is -3.86. The zero-order valence-corrected chi connectivity index (χ0v) is 18.0. The third-order valence-corrected chi connectivity index (χ3v) is 8.16. The first-order chi connectivity index (χ1) is 14.4. The molecule has 2 fully saturated rings. The number of nitrogens with zero attached hydrogens (tertiary/aromatic N) is 1. The Hall–Kier alpha value is -2.22. The highest BCUT2D eigenvalue weighted by Crippen LogP contribution is 2.37. The maximum absolute atomic E-state index is 13.4. The number of para-hydroxylation sites is 1. The van der Waals surface area contributed by atoms with Gasteiger partial charge >= 0.3 is 0 Å². The molecule has 2 aromatic carbocycles. The Morgan fingerprint density at radius 2 is 1.80 bits per heavy atom. The van der Waals surface area contributed by atoms with Crippen LogP contribution in [0.25, 0.3) is 0 Å². The predicted molar refractivity (Wildman–Crippen MR) is 115 cm³/mol. The van der Waals surface area contributed by atoms with Gasteiger partial charge in [0.05, 0.1) is 15.5 Å². The van der Waals surface area contributed by atoms with Gasteiger partial charge in [0.15, 0.2) is 0 Å². The Morgan fingerprint density at radius 1 is 1.07 bits per heavy atom. The average Bonchev–Trinajstić information content (AvgIpc) is 2.75. The number of amides is 1. The van der Waals surface area contributed by atoms with Crippen LogP contribution in [0.2, 0.25) is 5.02 Å². The van der Waals surface area contributed by atoms with Crippen LogP contribution in [0, 0.1) is 5.92 Å². The number of piperidine rings is 1. The summed E-state index contributed by atoms with van der Waals surface area (Å²) in [6.07, 6.45) is 3.51. The van der Waals surface area contributed by atoms with E-state index in [2.05, 4.69) is 5.32 Å². The number of halogens is 1. The highest BCUT2D eigenvalue weighted by molar-refractivity contribution is 7.89. The van der Waals surface area contributed by atoms with Gasteiger partial charge in [-0.2, -0.15) is 4.31 Å². The van der Waals surface area contributed by atoms with Crippen molar-refractivity contribution in [1.82, 2.24) is 4.31 Å². The molecule has 1 heterocycles. The largest absolute Gasteiger partial charge is 0.322 e. The third-order valence-electron chi connectivity index (χ3n) is 5.91. The number of nitrogens with one attached hydrogen (secondary N) is 1. The first-order valence-electron chi connectivity index (χ1n) is 10.1. The van der Waals surface area contributed by atoms with E-state index in [0.717, 1.165) is 19.3 Å². The van der Waals surface area contributed by atoms with Crippen molar-refractivity contribution in [3.05, 3.63) is 59.1 Å². The van der Waals surface area contributed by atoms with Gasteiger partial charge in [-0.25, -0.2) is 8.42 Å². The van der Waals surface area contributed by atoms with Gasteiger partial charge in [-0.15, -0.1) is 0 Å². The van der Waals surface area contributed by atoms with Gasteiger partial charge in [-0.1, -0.05) is 42.6 Å². The minimum absolute atomic E-state index is 0.0174. The third kappa shape index (κ3) is 4.02. The van der Waals surface area contributed by atoms with Gasteiger partial charge in [-0.3, -0.25) is 9.59 Å². The van der Waals surface area contributed by atoms with Crippen LogP contribution in [0.4, 0.5) is 5.69 Å². The fourth-order valence-electron chi connectivity index (χ4n) is 4.40. The van der Waals surface area contributed by atoms with Crippen LogP contribution in [-0.4, -0.2) is 37.0 Å². The van der Waals surface area contributed by atoms with Crippen molar-refractivity contribution in [3.8, 4) is 0 Å². The van der Waals surface area contributed by atoms with Crippen LogP contribution in [0.3, 0.4) is 0 Å². The molecule has 30 heavy (non-hydrogen) atoms. The molecule has 0 unspecified atom stereocenters. The summed E-state index contributed by atoms with van der Waals surface area (Å²) in [7, 11) is -3.86. The number of fused-ring (bicyclic) bond motifs is 1. The van der Waals surface area contributed by atoms with Crippen molar-refractivity contribution in [1.29, 1.82) is 0 Å². The topological polar surface area (TPSA) is 83.6 Å². The molecular formula is C22H23ClN2O4S. The van der Waals surface area contributed by atoms with E-state index in [1.165, 1.54) is 22.5 Å². The molecule has 2 aliphatic rings. The molecule has 2 atom stereocenters. The van der Waals surface area contributed by atoms with Crippen LogP contribution in [0.1, 0.15) is 42.5 Å². The molecule has 1 N–H and O–H groups in total. The lowest BCUT2D eigenvalue weighted by Crippen LogP contribution is -2.53. The molecule has 8 heteroatoms. The van der Waals surface area contributed by atoms with E-state index in [0.29, 0.717) is 12.1 Å². The summed E-state index contributed by atoms with van der Waals surface area (Å²) in [5, 5.41) is 2.90. The summed E-state index contributed by atoms with van der Waals surface area (Å²) < 4.78 is 28.3. The quantitative estimate of drug-likeness (QED) is 0.765. The summed E-state index contributed by atoms with van der Waals surface area (Å²) in [5.74, 6) is -0.548. The second kappa shape index (κ2) is 8.49. The van der Waals surface area contributed by atoms with E-state index in [9.17, 15) is 18.0 Å². The predicted octanol–water partition coefficient (Wildman–Crippen LogP) is 4.11. The van der Waals surface area contributed by atoms with Crippen molar-refractivity contribution >= 4 is 39.0 Å². The molecule has 1 aliphatic carbocycles. The second-order valence-electron chi connectivity index (χ2n) is 7.75. The van der Waals surface area contributed by atoms with Gasteiger partial charge in [-0.05, 0) is 43.2 Å². The summed E-state index contributed by atoms with van der Waals surface area (Å²) in [5.41, 5.74) is 0.682. The highest BCUT2D eigenvalue weighted by Gasteiger charge is 2.43. The fourth-order valence-corrected chi connectivity index (χ4v) is 6.32. The van der Waals surface area contributed by atoms with Crippen molar-refractivity contribution in [2.24, 2.45) is 5.92 Å². The van der Waals surface area contributed by atoms with E-state index in [-0.39, 0.29) is 46.2 Å².